The van der Waals surface area contributed by atoms with E-state index in [2.05, 4.69) is 67.9 Å². The van der Waals surface area contributed by atoms with E-state index >= 15 is 0 Å². The van der Waals surface area contributed by atoms with Gasteiger partial charge in [-0.1, -0.05) is 67.9 Å². The molecule has 1 fully saturated rings. The Balaban J connectivity index is 2.08. The van der Waals surface area contributed by atoms with Gasteiger partial charge >= 0.3 is 0 Å². The molecule has 17 heavy (non-hydrogen) atoms. The monoisotopic (exact) mass is 294 g/mol. The largest absolute Gasteiger partial charge is 0.0836 e. The van der Waals surface area contributed by atoms with Crippen LogP contribution in [0.1, 0.15) is 62.4 Å². The summed E-state index contributed by atoms with van der Waals surface area (Å²) < 4.78 is 0. The molecule has 3 atom stereocenters. The Kier molecular flexibility index (Phi) is 3.68. The maximum Gasteiger partial charge on any atom is 0.0428 e. The van der Waals surface area contributed by atoms with E-state index < -0.39 is 0 Å². The quantitative estimate of drug-likeness (QED) is 0.627. The molecule has 0 aliphatic heterocycles. The minimum absolute atomic E-state index is 0.531. The lowest BCUT2D eigenvalue weighted by molar-refractivity contribution is 0.555. The van der Waals surface area contributed by atoms with Crippen LogP contribution in [0.25, 0.3) is 0 Å². The zero-order valence-electron chi connectivity index (χ0n) is 11.3. The minimum atomic E-state index is 0.531. The van der Waals surface area contributed by atoms with Crippen LogP contribution < -0.4 is 0 Å². The smallest absolute Gasteiger partial charge is 0.0428 e. The second kappa shape index (κ2) is 4.76. The van der Waals surface area contributed by atoms with Crippen molar-refractivity contribution in [2.24, 2.45) is 11.3 Å². The highest BCUT2D eigenvalue weighted by Gasteiger charge is 2.49. The van der Waals surface area contributed by atoms with Crippen LogP contribution in [0, 0.1) is 11.3 Å². The van der Waals surface area contributed by atoms with Crippen LogP contribution >= 0.6 is 15.9 Å². The fourth-order valence-corrected chi connectivity index (χ4v) is 3.69. The molecule has 2 rings (SSSR count). The second-order valence-corrected chi connectivity index (χ2v) is 7.16. The molecule has 1 heteroatoms. The van der Waals surface area contributed by atoms with Crippen molar-refractivity contribution < 1.29 is 0 Å². The third-order valence-electron chi connectivity index (χ3n) is 4.38. The van der Waals surface area contributed by atoms with Crippen molar-refractivity contribution in [1.82, 2.24) is 0 Å². The summed E-state index contributed by atoms with van der Waals surface area (Å²) in [6, 6.07) is 9.20. The Morgan fingerprint density at radius 3 is 2.12 bits per heavy atom. The van der Waals surface area contributed by atoms with E-state index in [0.717, 1.165) is 5.92 Å². The maximum absolute atomic E-state index is 3.87. The Hall–Kier alpha value is -0.300. The molecule has 94 valence electrons. The standard InChI is InChI=1S/C16H23Br/c1-5-11(2)12-6-8-13(9-7-12)15(17)14-10-16(14,3)4/h6-9,11,14-15H,5,10H2,1-4H3. The number of rotatable bonds is 4. The zero-order chi connectivity index (χ0) is 12.6. The van der Waals surface area contributed by atoms with E-state index in [-0.39, 0.29) is 0 Å². The van der Waals surface area contributed by atoms with Gasteiger partial charge in [0, 0.05) is 4.83 Å². The molecule has 1 aliphatic carbocycles. The fraction of sp³-hybridized carbons (Fsp3) is 0.625. The lowest BCUT2D eigenvalue weighted by atomic mass is 9.95. The van der Waals surface area contributed by atoms with Crippen molar-refractivity contribution in [3.63, 3.8) is 0 Å². The van der Waals surface area contributed by atoms with Gasteiger partial charge in [-0.3, -0.25) is 0 Å². The molecule has 1 aromatic rings. The molecule has 1 aliphatic rings. The van der Waals surface area contributed by atoms with Crippen molar-refractivity contribution >= 4 is 15.9 Å². The summed E-state index contributed by atoms with van der Waals surface area (Å²) in [5, 5.41) is 0. The van der Waals surface area contributed by atoms with E-state index in [4.69, 9.17) is 0 Å². The Bertz CT molecular complexity index is 377. The van der Waals surface area contributed by atoms with E-state index in [0.29, 0.717) is 16.2 Å². The Labute approximate surface area is 114 Å². The van der Waals surface area contributed by atoms with E-state index in [1.165, 1.54) is 24.0 Å². The molecule has 1 saturated carbocycles. The minimum Gasteiger partial charge on any atom is -0.0836 e. The molecule has 0 saturated heterocycles. The predicted octanol–water partition coefficient (Wildman–Crippen LogP) is 5.68. The maximum atomic E-state index is 3.87. The van der Waals surface area contributed by atoms with E-state index in [1.54, 1.807) is 0 Å². The highest BCUT2D eigenvalue weighted by molar-refractivity contribution is 9.09. The zero-order valence-corrected chi connectivity index (χ0v) is 12.9. The summed E-state index contributed by atoms with van der Waals surface area (Å²) in [5.41, 5.74) is 3.43. The fourth-order valence-electron chi connectivity index (χ4n) is 2.48. The molecule has 0 N–H and O–H groups in total. The Morgan fingerprint density at radius 1 is 1.24 bits per heavy atom. The number of hydrogen-bond acceptors (Lipinski definition) is 0. The van der Waals surface area contributed by atoms with Crippen molar-refractivity contribution in [3.05, 3.63) is 35.4 Å². The first-order valence-electron chi connectivity index (χ1n) is 6.69. The average Bonchev–Trinajstić information content (AvgIpc) is 2.97. The summed E-state index contributed by atoms with van der Waals surface area (Å²) >= 11 is 3.87. The van der Waals surface area contributed by atoms with E-state index in [9.17, 15) is 0 Å². The molecular formula is C16H23Br. The number of hydrogen-bond donors (Lipinski definition) is 0. The third-order valence-corrected chi connectivity index (χ3v) is 5.55. The second-order valence-electron chi connectivity index (χ2n) is 6.18. The van der Waals surface area contributed by atoms with Gasteiger partial charge in [-0.25, -0.2) is 0 Å². The van der Waals surface area contributed by atoms with Gasteiger partial charge < -0.3 is 0 Å². The van der Waals surface area contributed by atoms with Crippen molar-refractivity contribution in [1.29, 1.82) is 0 Å². The van der Waals surface area contributed by atoms with Crippen LogP contribution in [0.5, 0.6) is 0 Å². The summed E-state index contributed by atoms with van der Waals surface area (Å²) in [7, 11) is 0. The van der Waals surface area contributed by atoms with Gasteiger partial charge in [-0.2, -0.15) is 0 Å². The van der Waals surface area contributed by atoms with Gasteiger partial charge in [0.1, 0.15) is 0 Å². The molecular weight excluding hydrogens is 272 g/mol. The van der Waals surface area contributed by atoms with Crippen LogP contribution in [-0.4, -0.2) is 0 Å². The van der Waals surface area contributed by atoms with Gasteiger partial charge in [-0.05, 0) is 41.2 Å². The van der Waals surface area contributed by atoms with Crippen molar-refractivity contribution in [2.75, 3.05) is 0 Å². The third kappa shape index (κ3) is 2.76. The molecule has 0 nitrogen and oxygen atoms in total. The van der Waals surface area contributed by atoms with Crippen LogP contribution in [0.4, 0.5) is 0 Å². The van der Waals surface area contributed by atoms with Gasteiger partial charge in [0.25, 0.3) is 0 Å². The lowest BCUT2D eigenvalue weighted by Crippen LogP contribution is -1.99. The molecule has 1 aromatic carbocycles. The SMILES string of the molecule is CCC(C)c1ccc(C(Br)C2CC2(C)C)cc1. The molecule has 0 amide bonds. The van der Waals surface area contributed by atoms with Crippen LogP contribution in [0.3, 0.4) is 0 Å². The summed E-state index contributed by atoms with van der Waals surface area (Å²) in [6.45, 7) is 9.27. The number of alkyl halides is 1. The summed E-state index contributed by atoms with van der Waals surface area (Å²) in [5.74, 6) is 1.48. The average molecular weight is 295 g/mol. The first-order chi connectivity index (χ1) is 7.95. The lowest BCUT2D eigenvalue weighted by Gasteiger charge is -2.14. The number of benzene rings is 1. The van der Waals surface area contributed by atoms with Crippen LogP contribution in [0.15, 0.2) is 24.3 Å². The molecule has 3 unspecified atom stereocenters. The highest BCUT2D eigenvalue weighted by Crippen LogP contribution is 2.60. The van der Waals surface area contributed by atoms with Gasteiger partial charge in [0.2, 0.25) is 0 Å². The molecule has 0 heterocycles. The van der Waals surface area contributed by atoms with E-state index in [1.807, 2.05) is 0 Å². The number of halogens is 1. The van der Waals surface area contributed by atoms with Crippen LogP contribution in [-0.2, 0) is 0 Å². The highest BCUT2D eigenvalue weighted by atomic mass is 79.9. The van der Waals surface area contributed by atoms with Crippen LogP contribution in [0.2, 0.25) is 0 Å². The molecule has 0 spiro atoms. The van der Waals surface area contributed by atoms with Crippen molar-refractivity contribution in [3.8, 4) is 0 Å². The molecule has 0 aromatic heterocycles. The summed E-state index contributed by atoms with van der Waals surface area (Å²) in [6.07, 6.45) is 2.56. The van der Waals surface area contributed by atoms with Gasteiger partial charge in [-0.15, -0.1) is 0 Å². The first kappa shape index (κ1) is 13.1. The summed E-state index contributed by atoms with van der Waals surface area (Å²) in [4.78, 5) is 0.531. The first-order valence-corrected chi connectivity index (χ1v) is 7.61. The van der Waals surface area contributed by atoms with Gasteiger partial charge in [0.15, 0.2) is 0 Å². The predicted molar refractivity (Wildman–Crippen MR) is 78.7 cm³/mol. The Morgan fingerprint density at radius 2 is 1.71 bits per heavy atom. The van der Waals surface area contributed by atoms with Gasteiger partial charge in [0.05, 0.1) is 0 Å². The normalized spacial score (nSPS) is 25.4. The van der Waals surface area contributed by atoms with Crippen molar-refractivity contribution in [2.45, 2.75) is 51.3 Å². The molecule has 0 radical (unpaired) electrons. The topological polar surface area (TPSA) is 0 Å². The molecule has 0 bridgehead atoms.